The Labute approximate surface area is 251 Å². The average molecular weight is 614 g/mol. The van der Waals surface area contributed by atoms with E-state index in [1.165, 1.54) is 53.4 Å². The monoisotopic (exact) mass is 613 g/mol. The zero-order chi connectivity index (χ0) is 31.7. The van der Waals surface area contributed by atoms with Gasteiger partial charge in [-0.3, -0.25) is 0 Å². The van der Waals surface area contributed by atoms with Crippen molar-refractivity contribution in [2.75, 3.05) is 0 Å². The summed E-state index contributed by atoms with van der Waals surface area (Å²) in [6.45, 7) is -0.292. The molecule has 3 aromatic heterocycles. The lowest BCUT2D eigenvalue weighted by Gasteiger charge is -2.11. The van der Waals surface area contributed by atoms with Crippen LogP contribution in [0.3, 0.4) is 0 Å². The van der Waals surface area contributed by atoms with E-state index < -0.39 is 29.2 Å². The third kappa shape index (κ3) is 5.94. The number of hydrogen-bond donors (Lipinski definition) is 1. The number of benzene rings is 3. The van der Waals surface area contributed by atoms with Crippen molar-refractivity contribution in [1.29, 1.82) is 5.26 Å². The highest BCUT2D eigenvalue weighted by atomic mass is 19.1. The minimum absolute atomic E-state index is 0.0307. The lowest BCUT2D eigenvalue weighted by molar-refractivity contribution is 0.0696. The Kier molecular flexibility index (Phi) is 7.70. The van der Waals surface area contributed by atoms with Gasteiger partial charge in [0.15, 0.2) is 5.82 Å². The molecule has 3 aromatic carbocycles. The predicted octanol–water partition coefficient (Wildman–Crippen LogP) is 6.43. The number of carboxylic acids is 1. The first-order valence-corrected chi connectivity index (χ1v) is 13.3. The molecule has 1 N–H and O–H groups in total. The van der Waals surface area contributed by atoms with Crippen LogP contribution < -0.4 is 4.74 Å². The van der Waals surface area contributed by atoms with E-state index in [-0.39, 0.29) is 81.7 Å². The van der Waals surface area contributed by atoms with Crippen LogP contribution in [0.5, 0.6) is 5.88 Å². The van der Waals surface area contributed by atoms with Gasteiger partial charge in [0.1, 0.15) is 48.2 Å². The fourth-order valence-electron chi connectivity index (χ4n) is 4.75. The molecule has 0 atom stereocenters. The quantitative estimate of drug-likeness (QED) is 0.185. The number of rotatable bonds is 9. The van der Waals surface area contributed by atoms with Gasteiger partial charge in [-0.05, 0) is 48.0 Å². The normalized spacial score (nSPS) is 11.1. The fourth-order valence-corrected chi connectivity index (χ4v) is 4.75. The Morgan fingerprint density at radius 2 is 1.78 bits per heavy atom. The van der Waals surface area contributed by atoms with Crippen LogP contribution in [0, 0.1) is 34.6 Å². The van der Waals surface area contributed by atoms with Gasteiger partial charge in [-0.1, -0.05) is 12.1 Å². The van der Waals surface area contributed by atoms with Gasteiger partial charge >= 0.3 is 5.97 Å². The Balaban J connectivity index is 1.30. The van der Waals surface area contributed by atoms with E-state index in [1.54, 1.807) is 0 Å². The van der Waals surface area contributed by atoms with Crippen LogP contribution in [0.4, 0.5) is 17.6 Å². The molecule has 0 aliphatic rings. The number of aromatic nitrogens is 4. The minimum Gasteiger partial charge on any atom is -0.478 e. The van der Waals surface area contributed by atoms with Crippen molar-refractivity contribution < 1.29 is 36.6 Å². The van der Waals surface area contributed by atoms with Crippen LogP contribution in [0.15, 0.2) is 77.5 Å². The topological polar surface area (TPSA) is 127 Å². The average Bonchev–Trinajstić information content (AvgIpc) is 3.67. The number of nitrogens with zero attached hydrogens (tertiary/aromatic N) is 5. The number of nitriles is 1. The van der Waals surface area contributed by atoms with Gasteiger partial charge in [-0.15, -0.1) is 0 Å². The first-order chi connectivity index (χ1) is 21.7. The van der Waals surface area contributed by atoms with Crippen molar-refractivity contribution >= 4 is 17.0 Å². The van der Waals surface area contributed by atoms with E-state index in [0.29, 0.717) is 0 Å². The highest BCUT2D eigenvalue weighted by Gasteiger charge is 2.21. The molecule has 0 amide bonds. The van der Waals surface area contributed by atoms with Crippen LogP contribution in [-0.2, 0) is 19.6 Å². The fraction of sp³-hybridized carbons (Fsp3) is 0.0938. The molecule has 6 rings (SSSR count). The highest BCUT2D eigenvalue weighted by molar-refractivity contribution is 5.92. The van der Waals surface area contributed by atoms with Crippen LogP contribution >= 0.6 is 0 Å². The van der Waals surface area contributed by atoms with Gasteiger partial charge in [0.05, 0.1) is 34.6 Å². The zero-order valence-corrected chi connectivity index (χ0v) is 23.0. The maximum absolute atomic E-state index is 15.5. The smallest absolute Gasteiger partial charge is 0.335 e. The van der Waals surface area contributed by atoms with Gasteiger partial charge in [0.2, 0.25) is 11.8 Å². The molecule has 0 bridgehead atoms. The molecule has 13 heteroatoms. The summed E-state index contributed by atoms with van der Waals surface area (Å²) in [5.74, 6) is -4.16. The predicted molar refractivity (Wildman–Crippen MR) is 150 cm³/mol. The SMILES string of the molecule is N#Cc1ccc(COc2cccc(-c3cc(F)c(Cc4nc5c(F)cc(C(=O)O)cc5n4Cc4ncco4)cc3F)n2)c(F)c1. The summed E-state index contributed by atoms with van der Waals surface area (Å²) in [6.07, 6.45) is 2.43. The van der Waals surface area contributed by atoms with Crippen molar-refractivity contribution in [3.63, 3.8) is 0 Å². The molecule has 6 aromatic rings. The summed E-state index contributed by atoms with van der Waals surface area (Å²) in [7, 11) is 0. The molecule has 0 aliphatic carbocycles. The Morgan fingerprint density at radius 1 is 0.956 bits per heavy atom. The number of carbonyl (C=O) groups is 1. The lowest BCUT2D eigenvalue weighted by Crippen LogP contribution is -2.08. The maximum atomic E-state index is 15.5. The van der Waals surface area contributed by atoms with Gasteiger partial charge in [-0.2, -0.15) is 5.26 Å². The largest absolute Gasteiger partial charge is 0.478 e. The number of pyridine rings is 1. The molecular weight excluding hydrogens is 594 g/mol. The highest BCUT2D eigenvalue weighted by Crippen LogP contribution is 2.29. The number of ether oxygens (including phenoxy) is 1. The van der Waals surface area contributed by atoms with E-state index in [9.17, 15) is 18.7 Å². The zero-order valence-electron chi connectivity index (χ0n) is 23.0. The van der Waals surface area contributed by atoms with Gasteiger partial charge < -0.3 is 18.8 Å². The second-order valence-corrected chi connectivity index (χ2v) is 9.84. The maximum Gasteiger partial charge on any atom is 0.335 e. The summed E-state index contributed by atoms with van der Waals surface area (Å²) in [5.41, 5.74) is -0.253. The Morgan fingerprint density at radius 3 is 2.51 bits per heavy atom. The second kappa shape index (κ2) is 11.9. The molecule has 45 heavy (non-hydrogen) atoms. The van der Waals surface area contributed by atoms with Crippen molar-refractivity contribution in [3.8, 4) is 23.2 Å². The summed E-state index contributed by atoms with van der Waals surface area (Å²) in [6, 6.07) is 14.2. The molecule has 0 saturated carbocycles. The Bertz CT molecular complexity index is 2120. The van der Waals surface area contributed by atoms with E-state index >= 15 is 8.78 Å². The molecule has 9 nitrogen and oxygen atoms in total. The molecule has 0 unspecified atom stereocenters. The summed E-state index contributed by atoms with van der Waals surface area (Å²) < 4.78 is 72.3. The summed E-state index contributed by atoms with van der Waals surface area (Å²) >= 11 is 0. The molecular formula is C32H19F4N5O4. The third-order valence-electron chi connectivity index (χ3n) is 6.95. The molecule has 0 saturated heterocycles. The van der Waals surface area contributed by atoms with Crippen LogP contribution in [0.2, 0.25) is 0 Å². The Hall–Kier alpha value is -6.03. The molecule has 0 spiro atoms. The van der Waals surface area contributed by atoms with Crippen molar-refractivity contribution in [1.82, 2.24) is 19.5 Å². The van der Waals surface area contributed by atoms with Crippen LogP contribution in [0.25, 0.3) is 22.3 Å². The molecule has 0 radical (unpaired) electrons. The third-order valence-corrected chi connectivity index (χ3v) is 6.95. The van der Waals surface area contributed by atoms with Crippen LogP contribution in [-0.4, -0.2) is 30.6 Å². The number of carboxylic acid groups (broad SMARTS) is 1. The number of halogens is 4. The van der Waals surface area contributed by atoms with Crippen LogP contribution in [0.1, 0.15) is 38.8 Å². The number of hydrogen-bond acceptors (Lipinski definition) is 7. The minimum atomic E-state index is -1.35. The first kappa shape index (κ1) is 29.1. The van der Waals surface area contributed by atoms with Crippen molar-refractivity contribution in [2.45, 2.75) is 19.6 Å². The van der Waals surface area contributed by atoms with E-state index in [1.807, 2.05) is 6.07 Å². The second-order valence-electron chi connectivity index (χ2n) is 9.84. The lowest BCUT2D eigenvalue weighted by atomic mass is 10.0. The summed E-state index contributed by atoms with van der Waals surface area (Å²) in [4.78, 5) is 24.1. The first-order valence-electron chi connectivity index (χ1n) is 13.3. The van der Waals surface area contributed by atoms with Crippen molar-refractivity contribution in [2.24, 2.45) is 0 Å². The number of fused-ring (bicyclic) bond motifs is 1. The number of imidazole rings is 1. The number of aromatic carboxylic acids is 1. The molecule has 224 valence electrons. The van der Waals surface area contributed by atoms with E-state index in [2.05, 4.69) is 15.0 Å². The van der Waals surface area contributed by atoms with Crippen molar-refractivity contribution in [3.05, 3.63) is 130 Å². The standard InChI is InChI=1S/C32H19F4N5O4/c33-22-8-17(14-37)4-5-18(22)16-45-29-3-1-2-26(39-29)21-13-23(34)19(9-24(21)35)12-28-40-31-25(36)10-20(32(42)43)11-27(31)41(28)15-30-38-6-7-44-30/h1-11,13H,12,15-16H2,(H,42,43). The molecule has 0 fully saturated rings. The summed E-state index contributed by atoms with van der Waals surface area (Å²) in [5, 5.41) is 18.3. The molecule has 3 heterocycles. The van der Waals surface area contributed by atoms with Gasteiger partial charge in [0.25, 0.3) is 0 Å². The molecule has 0 aliphatic heterocycles. The number of oxazole rings is 1. The van der Waals surface area contributed by atoms with Gasteiger partial charge in [0, 0.05) is 23.6 Å². The van der Waals surface area contributed by atoms with Gasteiger partial charge in [-0.25, -0.2) is 37.3 Å². The van der Waals surface area contributed by atoms with E-state index in [0.717, 1.165) is 24.3 Å². The van der Waals surface area contributed by atoms with E-state index in [4.69, 9.17) is 14.4 Å².